The fraction of sp³-hybridized carbons (Fsp3) is 0.188. The highest BCUT2D eigenvalue weighted by Gasteiger charge is 2.19. The summed E-state index contributed by atoms with van der Waals surface area (Å²) in [4.78, 5) is 12.4. The molecule has 1 aromatic carbocycles. The average molecular weight is 314 g/mol. The standard InChI is InChI=1S/C16H15FN4O2/c1-10(15-20-19-14-5-3-4-8-21(14)15)18-16(22)12-9-11(17)6-7-13(12)23-2/h3-10H,1-2H3,(H,18,22). The maximum absolute atomic E-state index is 13.4. The molecule has 3 rings (SSSR count). The first-order valence-corrected chi connectivity index (χ1v) is 7.04. The van der Waals surface area contributed by atoms with Crippen molar-refractivity contribution < 1.29 is 13.9 Å². The van der Waals surface area contributed by atoms with Crippen LogP contribution in [0.25, 0.3) is 5.65 Å². The number of carbonyl (C=O) groups is 1. The van der Waals surface area contributed by atoms with Gasteiger partial charge in [0.25, 0.3) is 5.91 Å². The fourth-order valence-electron chi connectivity index (χ4n) is 2.35. The number of fused-ring (bicyclic) bond motifs is 1. The minimum absolute atomic E-state index is 0.133. The van der Waals surface area contributed by atoms with Crippen molar-refractivity contribution in [3.8, 4) is 5.75 Å². The highest BCUT2D eigenvalue weighted by Crippen LogP contribution is 2.20. The fourth-order valence-corrected chi connectivity index (χ4v) is 2.35. The van der Waals surface area contributed by atoms with Crippen molar-refractivity contribution in [2.75, 3.05) is 7.11 Å². The molecule has 1 N–H and O–H groups in total. The van der Waals surface area contributed by atoms with Crippen molar-refractivity contribution >= 4 is 11.6 Å². The molecular formula is C16H15FN4O2. The smallest absolute Gasteiger partial charge is 0.255 e. The van der Waals surface area contributed by atoms with Gasteiger partial charge in [-0.05, 0) is 37.3 Å². The van der Waals surface area contributed by atoms with Crippen molar-refractivity contribution in [3.05, 3.63) is 59.8 Å². The van der Waals surface area contributed by atoms with Gasteiger partial charge >= 0.3 is 0 Å². The number of nitrogens with zero attached hydrogens (tertiary/aromatic N) is 3. The Bertz CT molecular complexity index is 862. The molecule has 3 aromatic rings. The summed E-state index contributed by atoms with van der Waals surface area (Å²) in [6.45, 7) is 1.78. The third-order valence-corrected chi connectivity index (χ3v) is 3.48. The number of benzene rings is 1. The van der Waals surface area contributed by atoms with Crippen LogP contribution in [0.5, 0.6) is 5.75 Å². The van der Waals surface area contributed by atoms with Crippen LogP contribution in [0.4, 0.5) is 4.39 Å². The topological polar surface area (TPSA) is 68.5 Å². The largest absolute Gasteiger partial charge is 0.496 e. The number of aromatic nitrogens is 3. The Balaban J connectivity index is 1.87. The molecule has 0 saturated heterocycles. The third kappa shape index (κ3) is 2.85. The van der Waals surface area contributed by atoms with E-state index in [2.05, 4.69) is 15.5 Å². The van der Waals surface area contributed by atoms with Gasteiger partial charge in [-0.2, -0.15) is 0 Å². The lowest BCUT2D eigenvalue weighted by Gasteiger charge is -2.14. The molecule has 0 fully saturated rings. The zero-order valence-corrected chi connectivity index (χ0v) is 12.7. The van der Waals surface area contributed by atoms with Gasteiger partial charge in [-0.25, -0.2) is 4.39 Å². The van der Waals surface area contributed by atoms with Gasteiger partial charge in [-0.1, -0.05) is 6.07 Å². The number of hydrogen-bond donors (Lipinski definition) is 1. The maximum Gasteiger partial charge on any atom is 0.255 e. The Morgan fingerprint density at radius 1 is 1.30 bits per heavy atom. The molecule has 2 heterocycles. The Morgan fingerprint density at radius 3 is 2.91 bits per heavy atom. The second-order valence-electron chi connectivity index (χ2n) is 5.03. The molecule has 0 aliphatic carbocycles. The summed E-state index contributed by atoms with van der Waals surface area (Å²) in [5.74, 6) is -0.0513. The van der Waals surface area contributed by atoms with Crippen molar-refractivity contribution in [2.45, 2.75) is 13.0 Å². The van der Waals surface area contributed by atoms with E-state index in [9.17, 15) is 9.18 Å². The monoisotopic (exact) mass is 314 g/mol. The van der Waals surface area contributed by atoms with E-state index in [0.29, 0.717) is 17.2 Å². The molecule has 0 saturated carbocycles. The molecule has 118 valence electrons. The number of pyridine rings is 1. The van der Waals surface area contributed by atoms with E-state index in [4.69, 9.17) is 4.74 Å². The zero-order valence-electron chi connectivity index (χ0n) is 12.7. The average Bonchev–Trinajstić information content (AvgIpc) is 2.98. The summed E-state index contributed by atoms with van der Waals surface area (Å²) in [6, 6.07) is 8.92. The molecule has 0 spiro atoms. The van der Waals surface area contributed by atoms with Gasteiger partial charge in [0.2, 0.25) is 0 Å². The predicted molar refractivity (Wildman–Crippen MR) is 81.8 cm³/mol. The van der Waals surface area contributed by atoms with Crippen molar-refractivity contribution in [2.24, 2.45) is 0 Å². The number of halogens is 1. The van der Waals surface area contributed by atoms with E-state index in [1.165, 1.54) is 19.2 Å². The summed E-state index contributed by atoms with van der Waals surface area (Å²) in [6.07, 6.45) is 1.82. The first kappa shape index (κ1) is 15.0. The molecule has 1 amide bonds. The number of hydrogen-bond acceptors (Lipinski definition) is 4. The lowest BCUT2D eigenvalue weighted by molar-refractivity contribution is 0.0934. The molecule has 0 radical (unpaired) electrons. The van der Waals surface area contributed by atoms with Gasteiger partial charge in [-0.3, -0.25) is 9.20 Å². The highest BCUT2D eigenvalue weighted by atomic mass is 19.1. The molecule has 0 aliphatic heterocycles. The number of amides is 1. The Morgan fingerprint density at radius 2 is 2.13 bits per heavy atom. The number of carbonyl (C=O) groups excluding carboxylic acids is 1. The van der Waals surface area contributed by atoms with Crippen LogP contribution in [0.15, 0.2) is 42.6 Å². The van der Waals surface area contributed by atoms with E-state index < -0.39 is 17.8 Å². The summed E-state index contributed by atoms with van der Waals surface area (Å²) >= 11 is 0. The quantitative estimate of drug-likeness (QED) is 0.803. The second-order valence-corrected chi connectivity index (χ2v) is 5.03. The number of ether oxygens (including phenoxy) is 1. The number of methoxy groups -OCH3 is 1. The molecule has 1 unspecified atom stereocenters. The van der Waals surface area contributed by atoms with Gasteiger partial charge in [-0.15, -0.1) is 10.2 Å². The Labute approximate surface area is 131 Å². The number of nitrogens with one attached hydrogen (secondary N) is 1. The zero-order chi connectivity index (χ0) is 16.4. The SMILES string of the molecule is COc1ccc(F)cc1C(=O)NC(C)c1nnc2ccccn12. The molecule has 1 atom stereocenters. The van der Waals surface area contributed by atoms with Crippen LogP contribution < -0.4 is 10.1 Å². The second kappa shape index (κ2) is 6.04. The van der Waals surface area contributed by atoms with Crippen molar-refractivity contribution in [3.63, 3.8) is 0 Å². The van der Waals surface area contributed by atoms with Crippen molar-refractivity contribution in [1.82, 2.24) is 19.9 Å². The van der Waals surface area contributed by atoms with E-state index in [-0.39, 0.29) is 5.56 Å². The van der Waals surface area contributed by atoms with Gasteiger partial charge in [0.05, 0.1) is 18.7 Å². The van der Waals surface area contributed by atoms with Gasteiger partial charge < -0.3 is 10.1 Å². The molecule has 0 bridgehead atoms. The van der Waals surface area contributed by atoms with Gasteiger partial charge in [0, 0.05) is 6.20 Å². The van der Waals surface area contributed by atoms with Crippen LogP contribution in [0.1, 0.15) is 29.1 Å². The Hall–Kier alpha value is -2.96. The lowest BCUT2D eigenvalue weighted by atomic mass is 10.1. The van der Waals surface area contributed by atoms with E-state index in [0.717, 1.165) is 6.07 Å². The first-order chi connectivity index (χ1) is 11.1. The van der Waals surface area contributed by atoms with Crippen LogP contribution in [-0.2, 0) is 0 Å². The van der Waals surface area contributed by atoms with E-state index in [1.54, 1.807) is 11.3 Å². The van der Waals surface area contributed by atoms with E-state index >= 15 is 0 Å². The molecule has 6 nitrogen and oxygen atoms in total. The minimum atomic E-state index is -0.503. The molecular weight excluding hydrogens is 299 g/mol. The molecule has 23 heavy (non-hydrogen) atoms. The van der Waals surface area contributed by atoms with E-state index in [1.807, 2.05) is 24.4 Å². The first-order valence-electron chi connectivity index (χ1n) is 7.04. The highest BCUT2D eigenvalue weighted by molar-refractivity contribution is 5.97. The summed E-state index contributed by atoms with van der Waals surface area (Å²) in [5, 5.41) is 10.9. The molecule has 0 aliphatic rings. The number of rotatable bonds is 4. The summed E-state index contributed by atoms with van der Waals surface area (Å²) in [5.41, 5.74) is 0.820. The normalized spacial score (nSPS) is 12.1. The van der Waals surface area contributed by atoms with Crippen LogP contribution in [-0.4, -0.2) is 27.6 Å². The minimum Gasteiger partial charge on any atom is -0.496 e. The van der Waals surface area contributed by atoms with Gasteiger partial charge in [0.15, 0.2) is 11.5 Å². The Kier molecular flexibility index (Phi) is 3.92. The van der Waals surface area contributed by atoms with Gasteiger partial charge in [0.1, 0.15) is 11.6 Å². The van der Waals surface area contributed by atoms with Crippen LogP contribution in [0, 0.1) is 5.82 Å². The summed E-state index contributed by atoms with van der Waals surface area (Å²) in [7, 11) is 1.43. The third-order valence-electron chi connectivity index (χ3n) is 3.48. The summed E-state index contributed by atoms with van der Waals surface area (Å²) < 4.78 is 20.3. The van der Waals surface area contributed by atoms with Crippen LogP contribution in [0.3, 0.4) is 0 Å². The maximum atomic E-state index is 13.4. The predicted octanol–water partition coefficient (Wildman–Crippen LogP) is 2.37. The van der Waals surface area contributed by atoms with Crippen LogP contribution >= 0.6 is 0 Å². The van der Waals surface area contributed by atoms with Crippen molar-refractivity contribution in [1.29, 1.82) is 0 Å². The lowest BCUT2D eigenvalue weighted by Crippen LogP contribution is -2.28. The molecule has 2 aromatic heterocycles. The molecule has 7 heteroatoms. The van der Waals surface area contributed by atoms with Crippen LogP contribution in [0.2, 0.25) is 0 Å².